The highest BCUT2D eigenvalue weighted by atomic mass is 15.2. The first-order valence-electron chi connectivity index (χ1n) is 26.3. The molecule has 6 aliphatic rings. The fourth-order valence-electron chi connectivity index (χ4n) is 15.2. The molecule has 0 amide bonds. The third-order valence-corrected chi connectivity index (χ3v) is 17.8. The van der Waals surface area contributed by atoms with Gasteiger partial charge in [0.25, 0.3) is 0 Å². The Balaban J connectivity index is 1.11. The van der Waals surface area contributed by atoms with Crippen LogP contribution in [0.5, 0.6) is 0 Å². The second-order valence-corrected chi connectivity index (χ2v) is 21.1. The molecule has 19 rings (SSSR count). The molecule has 0 saturated carbocycles. The second kappa shape index (κ2) is 13.7. The third-order valence-electron chi connectivity index (χ3n) is 17.8. The molecular formula is C66H39B3N6. The minimum atomic E-state index is -0.198. The van der Waals surface area contributed by atoms with Gasteiger partial charge in [0.1, 0.15) is 0 Å². The lowest BCUT2D eigenvalue weighted by molar-refractivity contribution is 1.19. The van der Waals surface area contributed by atoms with Crippen LogP contribution in [0.3, 0.4) is 0 Å². The summed E-state index contributed by atoms with van der Waals surface area (Å²) in [6.07, 6.45) is 7.16. The van der Waals surface area contributed by atoms with Crippen LogP contribution in [0.15, 0.2) is 237 Å². The van der Waals surface area contributed by atoms with Crippen molar-refractivity contribution in [2.45, 2.75) is 0 Å². The lowest BCUT2D eigenvalue weighted by atomic mass is 9.36. The van der Waals surface area contributed by atoms with Crippen molar-refractivity contribution in [3.8, 4) is 33.4 Å². The van der Waals surface area contributed by atoms with E-state index in [4.69, 9.17) is 0 Å². The number of hydrogen-bond acceptors (Lipinski definition) is 3. The fourth-order valence-corrected chi connectivity index (χ4v) is 15.2. The minimum absolute atomic E-state index is 0.198. The molecule has 0 unspecified atom stereocenters. The monoisotopic (exact) mass is 948 g/mol. The predicted molar refractivity (Wildman–Crippen MR) is 315 cm³/mol. The third kappa shape index (κ3) is 4.61. The Kier molecular flexibility index (Phi) is 7.14. The van der Waals surface area contributed by atoms with Gasteiger partial charge in [-0.2, -0.15) is 0 Å². The molecule has 75 heavy (non-hydrogen) atoms. The number of fused-ring (bicyclic) bond motifs is 15. The number of para-hydroxylation sites is 6. The van der Waals surface area contributed by atoms with E-state index in [0.29, 0.717) is 0 Å². The van der Waals surface area contributed by atoms with Gasteiger partial charge in [0.05, 0.1) is 0 Å². The molecular weight excluding hydrogens is 909 g/mol. The smallest absolute Gasteiger partial charge is 0.334 e. The van der Waals surface area contributed by atoms with E-state index in [0.717, 1.165) is 17.1 Å². The highest BCUT2D eigenvalue weighted by Gasteiger charge is 2.56. The summed E-state index contributed by atoms with van der Waals surface area (Å²) >= 11 is 0. The van der Waals surface area contributed by atoms with Crippen LogP contribution in [-0.2, 0) is 0 Å². The predicted octanol–water partition coefficient (Wildman–Crippen LogP) is 11.8. The molecule has 0 N–H and O–H groups in total. The van der Waals surface area contributed by atoms with E-state index in [1.165, 1.54) is 133 Å². The summed E-state index contributed by atoms with van der Waals surface area (Å²) in [7, 11) is 0. The minimum Gasteiger partial charge on any atom is -0.382 e. The molecule has 0 spiro atoms. The Hall–Kier alpha value is -9.59. The van der Waals surface area contributed by atoms with E-state index in [9.17, 15) is 0 Å². The van der Waals surface area contributed by atoms with Crippen LogP contribution in [0.25, 0.3) is 66.1 Å². The summed E-state index contributed by atoms with van der Waals surface area (Å²) in [5.41, 5.74) is 30.1. The molecule has 13 aromatic rings. The van der Waals surface area contributed by atoms with E-state index in [1.807, 2.05) is 0 Å². The van der Waals surface area contributed by atoms with Crippen molar-refractivity contribution in [1.82, 2.24) is 13.4 Å². The molecule has 0 saturated heterocycles. The maximum absolute atomic E-state index is 2.68. The molecule has 3 aromatic heterocycles. The van der Waals surface area contributed by atoms with Crippen LogP contribution in [-0.4, -0.2) is 34.0 Å². The molecule has 10 aromatic carbocycles. The number of anilines is 9. The van der Waals surface area contributed by atoms with E-state index >= 15 is 0 Å². The van der Waals surface area contributed by atoms with Gasteiger partial charge in [-0.25, -0.2) is 0 Å². The molecule has 6 aliphatic heterocycles. The Morgan fingerprint density at radius 2 is 0.507 bits per heavy atom. The fraction of sp³-hybridized carbons (Fsp3) is 0. The van der Waals surface area contributed by atoms with Crippen LogP contribution >= 0.6 is 0 Å². The summed E-state index contributed by atoms with van der Waals surface area (Å²) in [5.74, 6) is 0. The molecule has 0 bridgehead atoms. The van der Waals surface area contributed by atoms with Crippen molar-refractivity contribution in [3.63, 3.8) is 0 Å². The zero-order valence-corrected chi connectivity index (χ0v) is 40.4. The lowest BCUT2D eigenvalue weighted by Gasteiger charge is -2.51. The molecule has 9 heteroatoms. The number of hydrogen-bond donors (Lipinski definition) is 0. The Morgan fingerprint density at radius 3 is 0.813 bits per heavy atom. The quantitative estimate of drug-likeness (QED) is 0.165. The van der Waals surface area contributed by atoms with Gasteiger partial charge >= 0.3 is 20.5 Å². The van der Waals surface area contributed by atoms with Crippen LogP contribution < -0.4 is 47.5 Å². The van der Waals surface area contributed by atoms with Gasteiger partial charge in [-0.3, -0.25) is 0 Å². The average molecular weight is 949 g/mol. The second-order valence-electron chi connectivity index (χ2n) is 21.1. The topological polar surface area (TPSA) is 24.5 Å². The Labute approximate surface area is 433 Å². The Bertz CT molecular complexity index is 4220. The van der Waals surface area contributed by atoms with Gasteiger partial charge in [-0.1, -0.05) is 146 Å². The number of rotatable bonds is 3. The van der Waals surface area contributed by atoms with Crippen molar-refractivity contribution in [2.75, 3.05) is 14.7 Å². The SMILES string of the molecule is c1ccc(N2c3cccc4c3B(c3c2c2c(c5c3N(c3ccccc3)c3cccc6c3B5n3ccc5cccc-6c53)N(c3ccccc3)c3cccc5c3B2n2ccc3cccc-5c32)n2ccc3cccc-4c32)cc1. The average Bonchev–Trinajstić information content (AvgIpc) is 4.39. The summed E-state index contributed by atoms with van der Waals surface area (Å²) in [4.78, 5) is 8.03. The van der Waals surface area contributed by atoms with Crippen LogP contribution in [0.2, 0.25) is 0 Å². The molecule has 0 aliphatic carbocycles. The standard InChI is InChI=1S/C66H39B3N6/c1-4-19-43(20-5-1)73-52-31-13-25-46-49-28-10-16-40-34-37-70(61(40)49)67(55(46)52)58-64(73)59-66(74(44-21-6-2-7-22-44)53-32-14-26-47-50-29-11-17-41-35-38-71(62(41)50)68(59)56(47)53)60-65(58)75(45-23-8-3-9-24-45)54-33-15-27-48-51-30-12-18-42-36-39-72(63(42)51)69(60)57(48)54/h1-39H. The number of nitrogens with zero attached hydrogens (tertiary/aromatic N) is 6. The van der Waals surface area contributed by atoms with Crippen molar-refractivity contribution >= 4 is 137 Å². The summed E-state index contributed by atoms with van der Waals surface area (Å²) in [6.45, 7) is -0.593. The van der Waals surface area contributed by atoms with Crippen molar-refractivity contribution < 1.29 is 0 Å². The first-order valence-corrected chi connectivity index (χ1v) is 26.3. The zero-order valence-electron chi connectivity index (χ0n) is 40.4. The number of aromatic nitrogens is 3. The van der Waals surface area contributed by atoms with Crippen molar-refractivity contribution in [3.05, 3.63) is 237 Å². The van der Waals surface area contributed by atoms with E-state index < -0.39 is 0 Å². The molecule has 0 radical (unpaired) electrons. The summed E-state index contributed by atoms with van der Waals surface area (Å²) in [5, 5.41) is 3.76. The lowest BCUT2D eigenvalue weighted by Crippen LogP contribution is -2.69. The largest absolute Gasteiger partial charge is 0.382 e. The molecule has 9 heterocycles. The van der Waals surface area contributed by atoms with Gasteiger partial charge in [-0.15, -0.1) is 0 Å². The molecule has 342 valence electrons. The van der Waals surface area contributed by atoms with Crippen molar-refractivity contribution in [2.24, 2.45) is 0 Å². The van der Waals surface area contributed by atoms with Crippen molar-refractivity contribution in [1.29, 1.82) is 0 Å². The first-order chi connectivity index (χ1) is 37.3. The Morgan fingerprint density at radius 1 is 0.227 bits per heavy atom. The van der Waals surface area contributed by atoms with E-state index in [2.05, 4.69) is 265 Å². The maximum atomic E-state index is 2.68. The van der Waals surface area contributed by atoms with Gasteiger partial charge in [-0.05, 0) is 157 Å². The van der Waals surface area contributed by atoms with E-state index in [1.54, 1.807) is 0 Å². The maximum Gasteiger partial charge on any atom is 0.334 e. The van der Waals surface area contributed by atoms with Gasteiger partial charge in [0.2, 0.25) is 0 Å². The van der Waals surface area contributed by atoms with Crippen LogP contribution in [0.1, 0.15) is 0 Å². The summed E-state index contributed by atoms with van der Waals surface area (Å²) < 4.78 is 7.93. The molecule has 6 nitrogen and oxygen atoms in total. The molecule has 0 fully saturated rings. The summed E-state index contributed by atoms with van der Waals surface area (Å²) in [6, 6.07) is 82.6. The molecule has 0 atom stereocenters. The van der Waals surface area contributed by atoms with Crippen LogP contribution in [0, 0.1) is 0 Å². The van der Waals surface area contributed by atoms with Crippen LogP contribution in [0.4, 0.5) is 51.2 Å². The zero-order chi connectivity index (χ0) is 48.4. The highest BCUT2D eigenvalue weighted by molar-refractivity contribution is 6.99. The number of benzene rings is 10. The highest BCUT2D eigenvalue weighted by Crippen LogP contribution is 2.52. The van der Waals surface area contributed by atoms with Gasteiger partial charge in [0, 0.05) is 84.4 Å². The van der Waals surface area contributed by atoms with Gasteiger partial charge in [0.15, 0.2) is 0 Å². The van der Waals surface area contributed by atoms with E-state index in [-0.39, 0.29) is 20.5 Å². The normalized spacial score (nSPS) is 14.2. The van der Waals surface area contributed by atoms with Gasteiger partial charge < -0.3 is 28.1 Å². The first kappa shape index (κ1) is 39.0.